The molecular formula is C62H42N2OS. The molecule has 2 heterocycles. The number of anilines is 5. The van der Waals surface area contributed by atoms with Gasteiger partial charge in [0.25, 0.3) is 0 Å². The second kappa shape index (κ2) is 15.8. The monoisotopic (exact) mass is 862 g/mol. The van der Waals surface area contributed by atoms with Crippen LogP contribution in [0.15, 0.2) is 247 Å². The van der Waals surface area contributed by atoms with Crippen molar-refractivity contribution in [3.05, 3.63) is 248 Å². The number of rotatable bonds is 8. The Hall–Kier alpha value is -8.18. The summed E-state index contributed by atoms with van der Waals surface area (Å²) in [5, 5.41) is 10.0. The van der Waals surface area contributed by atoms with Gasteiger partial charge < -0.3 is 14.2 Å². The van der Waals surface area contributed by atoms with Gasteiger partial charge in [0.2, 0.25) is 0 Å². The summed E-state index contributed by atoms with van der Waals surface area (Å²) in [6, 6.07) is 78.9. The van der Waals surface area contributed by atoms with E-state index in [1.165, 1.54) is 58.4 Å². The van der Waals surface area contributed by atoms with Crippen LogP contribution >= 0.6 is 11.3 Å². The smallest absolute Gasteiger partial charge is 0.159 e. The highest BCUT2D eigenvalue weighted by Crippen LogP contribution is 2.47. The largest absolute Gasteiger partial charge is 0.454 e. The molecule has 0 spiro atoms. The molecule has 0 bridgehead atoms. The number of benzene rings is 10. The molecule has 0 amide bonds. The van der Waals surface area contributed by atoms with Crippen molar-refractivity contribution in [3.63, 3.8) is 0 Å². The third kappa shape index (κ3) is 6.41. The van der Waals surface area contributed by atoms with E-state index in [2.05, 4.69) is 240 Å². The first kappa shape index (κ1) is 38.3. The van der Waals surface area contributed by atoms with E-state index in [0.717, 1.165) is 62.5 Å². The minimum Gasteiger partial charge on any atom is -0.454 e. The summed E-state index contributed by atoms with van der Waals surface area (Å²) >= 11 is 1.91. The van der Waals surface area contributed by atoms with Crippen LogP contribution in [0, 0.1) is 0 Å². The quantitative estimate of drug-likeness (QED) is 0.142. The predicted octanol–water partition coefficient (Wildman–Crippen LogP) is 18.2. The third-order valence-electron chi connectivity index (χ3n) is 13.4. The van der Waals surface area contributed by atoms with E-state index in [4.69, 9.17) is 4.42 Å². The van der Waals surface area contributed by atoms with E-state index in [1.54, 1.807) is 0 Å². The maximum absolute atomic E-state index is 6.53. The van der Waals surface area contributed by atoms with Gasteiger partial charge in [-0.1, -0.05) is 164 Å². The van der Waals surface area contributed by atoms with E-state index in [-0.39, 0.29) is 5.92 Å². The molecule has 3 nitrogen and oxygen atoms in total. The summed E-state index contributed by atoms with van der Waals surface area (Å²) < 4.78 is 9.17. The van der Waals surface area contributed by atoms with Gasteiger partial charge in [0.15, 0.2) is 5.58 Å². The first-order valence-corrected chi connectivity index (χ1v) is 23.5. The summed E-state index contributed by atoms with van der Waals surface area (Å²) in [6.45, 7) is 0. The molecule has 0 N–H and O–H groups in total. The summed E-state index contributed by atoms with van der Waals surface area (Å²) in [4.78, 5) is 4.68. The number of nitrogens with zero attached hydrogens (tertiary/aromatic N) is 2. The molecule has 1 atom stereocenters. The highest BCUT2D eigenvalue weighted by atomic mass is 32.1. The molecule has 4 heteroatoms. The van der Waals surface area contributed by atoms with Crippen molar-refractivity contribution in [2.24, 2.45) is 0 Å². The van der Waals surface area contributed by atoms with Crippen LogP contribution in [0.2, 0.25) is 0 Å². The van der Waals surface area contributed by atoms with Crippen LogP contribution in [-0.2, 0) is 0 Å². The van der Waals surface area contributed by atoms with Crippen LogP contribution in [0.4, 0.5) is 28.4 Å². The number of hydrogen-bond donors (Lipinski definition) is 0. The molecule has 2 aromatic heterocycles. The summed E-state index contributed by atoms with van der Waals surface area (Å²) in [6.07, 6.45) is 7.92. The molecule has 312 valence electrons. The zero-order valence-corrected chi connectivity index (χ0v) is 36.8. The normalized spacial score (nSPS) is 13.9. The lowest BCUT2D eigenvalue weighted by Gasteiger charge is -2.29. The number of para-hydroxylation sites is 5. The molecule has 0 radical (unpaired) electrons. The zero-order valence-electron chi connectivity index (χ0n) is 36.0. The Balaban J connectivity index is 0.822. The Morgan fingerprint density at radius 2 is 1.06 bits per heavy atom. The van der Waals surface area contributed by atoms with Crippen molar-refractivity contribution in [2.45, 2.75) is 12.3 Å². The fourth-order valence-corrected chi connectivity index (χ4v) is 11.5. The van der Waals surface area contributed by atoms with Gasteiger partial charge in [0.05, 0.1) is 5.69 Å². The maximum Gasteiger partial charge on any atom is 0.159 e. The molecule has 66 heavy (non-hydrogen) atoms. The zero-order chi connectivity index (χ0) is 43.6. The van der Waals surface area contributed by atoms with E-state index >= 15 is 0 Å². The van der Waals surface area contributed by atoms with Crippen molar-refractivity contribution in [1.29, 1.82) is 0 Å². The van der Waals surface area contributed by atoms with Crippen molar-refractivity contribution in [2.75, 3.05) is 9.80 Å². The Morgan fingerprint density at radius 3 is 1.77 bits per heavy atom. The number of furan rings is 1. The molecular weight excluding hydrogens is 821 g/mol. The summed E-state index contributed by atoms with van der Waals surface area (Å²) in [5.74, 6) is 0.280. The standard InChI is InChI=1S/C62H42N2OS/c1-4-15-45(16-5-1)63(46-17-6-2-7-18-46)49-36-38-54-56(40-49)50-21-10-11-23-52(50)60-55-37-33-44(39-59(55)66-62(54)60)43-29-27-41(28-30-43)42-31-34-48(35-32-42)64(47-19-8-3-9-20-47)57-25-14-24-53-51-22-12-13-26-58(51)65-61(53)57/h1-31,33-40,42H,32H2. The van der Waals surface area contributed by atoms with Gasteiger partial charge >= 0.3 is 0 Å². The van der Waals surface area contributed by atoms with Crippen LogP contribution in [0.5, 0.6) is 0 Å². The van der Waals surface area contributed by atoms with Crippen LogP contribution in [0.25, 0.3) is 74.8 Å². The number of thiophene rings is 1. The number of fused-ring (bicyclic) bond motifs is 11. The second-order valence-corrected chi connectivity index (χ2v) is 18.2. The second-order valence-electron chi connectivity index (χ2n) is 17.2. The molecule has 1 aliphatic rings. The van der Waals surface area contributed by atoms with E-state index in [1.807, 2.05) is 17.4 Å². The molecule has 0 fully saturated rings. The van der Waals surface area contributed by atoms with Gasteiger partial charge in [-0.2, -0.15) is 0 Å². The average Bonchev–Trinajstić information content (AvgIpc) is 3.97. The van der Waals surface area contributed by atoms with Gasteiger partial charge in [-0.3, -0.25) is 0 Å². The van der Waals surface area contributed by atoms with E-state index in [9.17, 15) is 0 Å². The predicted molar refractivity (Wildman–Crippen MR) is 281 cm³/mol. The minimum atomic E-state index is 0.280. The Kier molecular flexibility index (Phi) is 9.17. The van der Waals surface area contributed by atoms with Crippen molar-refractivity contribution in [3.8, 4) is 11.1 Å². The van der Waals surface area contributed by atoms with Gasteiger partial charge in [0, 0.05) is 70.7 Å². The van der Waals surface area contributed by atoms with Crippen molar-refractivity contribution >= 4 is 103 Å². The van der Waals surface area contributed by atoms with E-state index < -0.39 is 0 Å². The molecule has 0 saturated heterocycles. The van der Waals surface area contributed by atoms with Gasteiger partial charge in [-0.25, -0.2) is 0 Å². The fourth-order valence-electron chi connectivity index (χ4n) is 10.2. The molecule has 13 rings (SSSR count). The topological polar surface area (TPSA) is 19.6 Å². The molecule has 0 saturated carbocycles. The van der Waals surface area contributed by atoms with Gasteiger partial charge in [-0.15, -0.1) is 11.3 Å². The molecule has 1 aliphatic carbocycles. The molecule has 0 aliphatic heterocycles. The van der Waals surface area contributed by atoms with Crippen molar-refractivity contribution < 1.29 is 4.42 Å². The fraction of sp³-hybridized carbons (Fsp3) is 0.0323. The molecule has 12 aromatic rings. The van der Waals surface area contributed by atoms with Crippen molar-refractivity contribution in [1.82, 2.24) is 0 Å². The van der Waals surface area contributed by atoms with Crippen LogP contribution in [-0.4, -0.2) is 0 Å². The number of hydrogen-bond acceptors (Lipinski definition) is 4. The lowest BCUT2D eigenvalue weighted by atomic mass is 9.90. The lowest BCUT2D eigenvalue weighted by Crippen LogP contribution is -2.17. The van der Waals surface area contributed by atoms with Gasteiger partial charge in [0.1, 0.15) is 5.58 Å². The first-order valence-electron chi connectivity index (χ1n) is 22.7. The van der Waals surface area contributed by atoms with E-state index in [0.29, 0.717) is 0 Å². The highest BCUT2D eigenvalue weighted by Gasteiger charge is 2.23. The van der Waals surface area contributed by atoms with Crippen LogP contribution < -0.4 is 9.80 Å². The number of allylic oxidation sites excluding steroid dienone is 3. The summed E-state index contributed by atoms with van der Waals surface area (Å²) in [5.41, 5.74) is 12.3. The Morgan fingerprint density at radius 1 is 0.439 bits per heavy atom. The van der Waals surface area contributed by atoms with Crippen LogP contribution in [0.3, 0.4) is 0 Å². The first-order chi connectivity index (χ1) is 32.7. The third-order valence-corrected chi connectivity index (χ3v) is 14.5. The molecule has 1 unspecified atom stereocenters. The molecule has 10 aromatic carbocycles. The average molecular weight is 863 g/mol. The summed E-state index contributed by atoms with van der Waals surface area (Å²) in [7, 11) is 0. The minimum absolute atomic E-state index is 0.280. The lowest BCUT2D eigenvalue weighted by molar-refractivity contribution is 0.668. The maximum atomic E-state index is 6.53. The highest BCUT2D eigenvalue weighted by molar-refractivity contribution is 7.27. The Labute approximate surface area is 387 Å². The van der Waals surface area contributed by atoms with Crippen LogP contribution in [0.1, 0.15) is 17.9 Å². The Bertz CT molecular complexity index is 3810. The van der Waals surface area contributed by atoms with Gasteiger partial charge in [-0.05, 0) is 112 Å². The SMILES string of the molecule is C1=CC(c2ccc(-c3ccc4c(c3)sc3c5ccc(N(c6ccccc6)c6ccccc6)cc5c5ccccc5c43)cc2)CC=C1N(c1ccccc1)c1cccc2c1oc1ccccc12.